The minimum absolute atomic E-state index is 0.125. The van der Waals surface area contributed by atoms with E-state index < -0.39 is 0 Å². The van der Waals surface area contributed by atoms with Crippen LogP contribution in [0.5, 0.6) is 0 Å². The van der Waals surface area contributed by atoms with Crippen LogP contribution in [0.3, 0.4) is 0 Å². The summed E-state index contributed by atoms with van der Waals surface area (Å²) >= 11 is 1.61. The Balaban J connectivity index is 1.45. The summed E-state index contributed by atoms with van der Waals surface area (Å²) in [5, 5.41) is 6.02. The van der Waals surface area contributed by atoms with Crippen molar-refractivity contribution in [1.82, 2.24) is 4.98 Å². The predicted octanol–water partition coefficient (Wildman–Crippen LogP) is 4.98. The lowest BCUT2D eigenvalue weighted by Gasteiger charge is -2.36. The van der Waals surface area contributed by atoms with Crippen LogP contribution in [0.1, 0.15) is 29.2 Å². The quantitative estimate of drug-likeness (QED) is 0.662. The van der Waals surface area contributed by atoms with Crippen molar-refractivity contribution < 1.29 is 9.53 Å². The highest BCUT2D eigenvalue weighted by molar-refractivity contribution is 7.09. The number of anilines is 2. The summed E-state index contributed by atoms with van der Waals surface area (Å²) < 4.78 is 5.80. The zero-order chi connectivity index (χ0) is 20.4. The van der Waals surface area contributed by atoms with E-state index in [2.05, 4.69) is 41.2 Å². The van der Waals surface area contributed by atoms with Crippen LogP contribution in [0.25, 0.3) is 11.3 Å². The molecule has 2 atom stereocenters. The molecule has 0 radical (unpaired) electrons. The number of aromatic nitrogens is 1. The first-order valence-corrected chi connectivity index (χ1v) is 10.7. The zero-order valence-corrected chi connectivity index (χ0v) is 17.7. The number of carbonyl (C=O) groups is 1. The number of ether oxygens (including phenoxy) is 1. The van der Waals surface area contributed by atoms with Crippen LogP contribution in [0.15, 0.2) is 53.9 Å². The van der Waals surface area contributed by atoms with Crippen LogP contribution in [0.2, 0.25) is 0 Å². The molecule has 0 unspecified atom stereocenters. The van der Waals surface area contributed by atoms with Crippen molar-refractivity contribution in [3.63, 3.8) is 0 Å². The lowest BCUT2D eigenvalue weighted by molar-refractivity contribution is -0.00521. The number of nitrogens with one attached hydrogen (secondary N) is 1. The molecule has 0 spiro atoms. The maximum Gasteiger partial charge on any atom is 0.255 e. The second-order valence-electron chi connectivity index (χ2n) is 7.50. The Labute approximate surface area is 175 Å². The standard InChI is InChI=1S/C23H25N3O2S/c1-15-12-26(13-16(2)28-15)21-9-7-20(8-10-21)25-23(27)19-6-4-5-18(11-19)22-14-29-17(3)24-22/h4-11,14-16H,12-13H2,1-3H3,(H,25,27)/t15-,16+. The van der Waals surface area contributed by atoms with Gasteiger partial charge in [0.2, 0.25) is 0 Å². The summed E-state index contributed by atoms with van der Waals surface area (Å²) in [5.41, 5.74) is 4.40. The van der Waals surface area contributed by atoms with Crippen molar-refractivity contribution in [2.45, 2.75) is 33.0 Å². The second kappa shape index (κ2) is 8.35. The molecule has 2 heterocycles. The Morgan fingerprint density at radius 1 is 1.14 bits per heavy atom. The van der Waals surface area contributed by atoms with Crippen LogP contribution in [-0.4, -0.2) is 36.2 Å². The third-order valence-corrected chi connectivity index (χ3v) is 5.72. The molecule has 150 valence electrons. The second-order valence-corrected chi connectivity index (χ2v) is 8.56. The van der Waals surface area contributed by atoms with Crippen molar-refractivity contribution in [3.8, 4) is 11.3 Å². The molecule has 29 heavy (non-hydrogen) atoms. The predicted molar refractivity (Wildman–Crippen MR) is 119 cm³/mol. The molecular weight excluding hydrogens is 382 g/mol. The van der Waals surface area contributed by atoms with Crippen molar-refractivity contribution >= 4 is 28.6 Å². The fraction of sp³-hybridized carbons (Fsp3) is 0.304. The van der Waals surface area contributed by atoms with Crippen molar-refractivity contribution in [2.24, 2.45) is 0 Å². The fourth-order valence-corrected chi connectivity index (χ4v) is 4.29. The van der Waals surface area contributed by atoms with E-state index in [0.717, 1.165) is 40.7 Å². The molecule has 6 heteroatoms. The van der Waals surface area contributed by atoms with Gasteiger partial charge in [-0.15, -0.1) is 11.3 Å². The van der Waals surface area contributed by atoms with Gasteiger partial charge < -0.3 is 15.0 Å². The van der Waals surface area contributed by atoms with Crippen LogP contribution < -0.4 is 10.2 Å². The third-order valence-electron chi connectivity index (χ3n) is 4.95. The summed E-state index contributed by atoms with van der Waals surface area (Å²) in [6, 6.07) is 15.6. The summed E-state index contributed by atoms with van der Waals surface area (Å²) in [7, 11) is 0. The van der Waals surface area contributed by atoms with Crippen LogP contribution >= 0.6 is 11.3 Å². The number of nitrogens with zero attached hydrogens (tertiary/aromatic N) is 2. The number of carbonyl (C=O) groups excluding carboxylic acids is 1. The van der Waals surface area contributed by atoms with Crippen molar-refractivity contribution in [1.29, 1.82) is 0 Å². The molecule has 4 rings (SSSR count). The maximum atomic E-state index is 12.7. The Morgan fingerprint density at radius 3 is 2.52 bits per heavy atom. The lowest BCUT2D eigenvalue weighted by Crippen LogP contribution is -2.45. The van der Waals surface area contributed by atoms with E-state index in [9.17, 15) is 4.79 Å². The van der Waals surface area contributed by atoms with E-state index in [0.29, 0.717) is 5.56 Å². The van der Waals surface area contributed by atoms with Gasteiger partial charge in [-0.2, -0.15) is 0 Å². The third kappa shape index (κ3) is 4.66. The number of rotatable bonds is 4. The highest BCUT2D eigenvalue weighted by atomic mass is 32.1. The van der Waals surface area contributed by atoms with Gasteiger partial charge in [-0.3, -0.25) is 4.79 Å². The van der Waals surface area contributed by atoms with E-state index in [1.165, 1.54) is 0 Å². The lowest BCUT2D eigenvalue weighted by atomic mass is 10.1. The summed E-state index contributed by atoms with van der Waals surface area (Å²) in [6.45, 7) is 7.92. The fourth-order valence-electron chi connectivity index (χ4n) is 3.66. The molecule has 3 aromatic rings. The molecule has 1 aliphatic rings. The molecule has 0 saturated carbocycles. The number of benzene rings is 2. The number of hydrogen-bond donors (Lipinski definition) is 1. The SMILES string of the molecule is Cc1nc(-c2cccc(C(=O)Nc3ccc(N4C[C@@H](C)O[C@@H](C)C4)cc3)c2)cs1. The Morgan fingerprint density at radius 2 is 1.86 bits per heavy atom. The number of aryl methyl sites for hydroxylation is 1. The van der Waals surface area contributed by atoms with E-state index in [1.54, 1.807) is 11.3 Å². The molecule has 1 aliphatic heterocycles. The van der Waals surface area contributed by atoms with Gasteiger partial charge in [0, 0.05) is 41.0 Å². The summed E-state index contributed by atoms with van der Waals surface area (Å²) in [6.07, 6.45) is 0.429. The number of hydrogen-bond acceptors (Lipinski definition) is 5. The van der Waals surface area contributed by atoms with Gasteiger partial charge in [-0.1, -0.05) is 12.1 Å². The van der Waals surface area contributed by atoms with Gasteiger partial charge in [-0.05, 0) is 57.2 Å². The monoisotopic (exact) mass is 407 g/mol. The summed E-state index contributed by atoms with van der Waals surface area (Å²) in [5.74, 6) is -0.125. The molecule has 1 fully saturated rings. The molecule has 1 N–H and O–H groups in total. The van der Waals surface area contributed by atoms with E-state index in [-0.39, 0.29) is 18.1 Å². The smallest absolute Gasteiger partial charge is 0.255 e. The number of morpholine rings is 1. The molecule has 2 aromatic carbocycles. The van der Waals surface area contributed by atoms with Gasteiger partial charge in [0.05, 0.1) is 22.9 Å². The van der Waals surface area contributed by atoms with E-state index in [1.807, 2.05) is 48.7 Å². The highest BCUT2D eigenvalue weighted by Crippen LogP contribution is 2.24. The van der Waals surface area contributed by atoms with Gasteiger partial charge in [0.15, 0.2) is 0 Å². The molecule has 1 saturated heterocycles. The topological polar surface area (TPSA) is 54.5 Å². The molecule has 1 aromatic heterocycles. The molecule has 0 bridgehead atoms. The average Bonchev–Trinajstić information content (AvgIpc) is 3.14. The van der Waals surface area contributed by atoms with E-state index in [4.69, 9.17) is 4.74 Å². The van der Waals surface area contributed by atoms with Gasteiger partial charge in [0.25, 0.3) is 5.91 Å². The average molecular weight is 408 g/mol. The zero-order valence-electron chi connectivity index (χ0n) is 16.9. The van der Waals surface area contributed by atoms with Crippen LogP contribution in [-0.2, 0) is 4.74 Å². The van der Waals surface area contributed by atoms with Crippen molar-refractivity contribution in [2.75, 3.05) is 23.3 Å². The molecule has 1 amide bonds. The Hall–Kier alpha value is -2.70. The largest absolute Gasteiger partial charge is 0.372 e. The minimum atomic E-state index is -0.125. The maximum absolute atomic E-state index is 12.7. The Bertz CT molecular complexity index is 989. The minimum Gasteiger partial charge on any atom is -0.372 e. The number of amides is 1. The van der Waals surface area contributed by atoms with Crippen LogP contribution in [0.4, 0.5) is 11.4 Å². The van der Waals surface area contributed by atoms with Gasteiger partial charge in [-0.25, -0.2) is 4.98 Å². The first kappa shape index (κ1) is 19.6. The van der Waals surface area contributed by atoms with Gasteiger partial charge >= 0.3 is 0 Å². The number of thiazole rings is 1. The first-order valence-electron chi connectivity index (χ1n) is 9.82. The first-order chi connectivity index (χ1) is 14.0. The summed E-state index contributed by atoms with van der Waals surface area (Å²) in [4.78, 5) is 19.5. The highest BCUT2D eigenvalue weighted by Gasteiger charge is 2.22. The van der Waals surface area contributed by atoms with Crippen molar-refractivity contribution in [3.05, 3.63) is 64.5 Å². The molecule has 5 nitrogen and oxygen atoms in total. The molecular formula is C23H25N3O2S. The Kier molecular flexibility index (Phi) is 5.65. The molecule has 0 aliphatic carbocycles. The van der Waals surface area contributed by atoms with Gasteiger partial charge in [0.1, 0.15) is 0 Å². The normalized spacial score (nSPS) is 19.2. The van der Waals surface area contributed by atoms with E-state index >= 15 is 0 Å². The van der Waals surface area contributed by atoms with Crippen LogP contribution in [0, 0.1) is 6.92 Å².